The molecule has 116 valence electrons. The van der Waals surface area contributed by atoms with Gasteiger partial charge >= 0.3 is 11.9 Å². The molecule has 1 atom stereocenters. The maximum Gasteiger partial charge on any atom is 0.335 e. The second kappa shape index (κ2) is 7.04. The van der Waals surface area contributed by atoms with Gasteiger partial charge in [0.1, 0.15) is 0 Å². The van der Waals surface area contributed by atoms with Crippen molar-refractivity contribution in [3.63, 3.8) is 0 Å². The Bertz CT molecular complexity index is 657. The lowest BCUT2D eigenvalue weighted by Gasteiger charge is -2.24. The molecule has 0 amide bonds. The molecule has 0 saturated carbocycles. The molecule has 0 bridgehead atoms. The van der Waals surface area contributed by atoms with Gasteiger partial charge in [0.2, 0.25) is 0 Å². The van der Waals surface area contributed by atoms with Crippen molar-refractivity contribution < 1.29 is 19.8 Å². The van der Waals surface area contributed by atoms with Crippen LogP contribution < -0.4 is 4.90 Å². The molecule has 0 fully saturated rings. The first kappa shape index (κ1) is 16.0. The fourth-order valence-corrected chi connectivity index (χ4v) is 2.67. The number of carboxylic acid groups (broad SMARTS) is 2. The molecule has 1 aromatic carbocycles. The molecule has 0 aliphatic heterocycles. The zero-order chi connectivity index (χ0) is 16.1. The molecule has 0 radical (unpaired) electrons. The average molecular weight is 320 g/mol. The molecule has 2 aromatic rings. The molecule has 7 heteroatoms. The highest BCUT2D eigenvalue weighted by Crippen LogP contribution is 2.21. The number of carboxylic acids is 2. The van der Waals surface area contributed by atoms with Gasteiger partial charge < -0.3 is 15.1 Å². The lowest BCUT2D eigenvalue weighted by atomic mass is 10.1. The molecule has 0 aliphatic rings. The summed E-state index contributed by atoms with van der Waals surface area (Å²) in [7, 11) is 0. The fraction of sp³-hybridized carbons (Fsp3) is 0.267. The Morgan fingerprint density at radius 1 is 1.36 bits per heavy atom. The molecule has 0 spiro atoms. The maximum absolute atomic E-state index is 11.1. The number of thiazole rings is 1. The number of aliphatic carboxylic acids is 1. The molecule has 0 saturated heterocycles. The third kappa shape index (κ3) is 4.05. The number of benzene rings is 1. The van der Waals surface area contributed by atoms with Crippen LogP contribution in [0.5, 0.6) is 0 Å². The van der Waals surface area contributed by atoms with Crippen molar-refractivity contribution in [2.24, 2.45) is 5.92 Å². The summed E-state index contributed by atoms with van der Waals surface area (Å²) >= 11 is 1.42. The number of anilines is 1. The number of hydrogen-bond donors (Lipinski definition) is 2. The van der Waals surface area contributed by atoms with Gasteiger partial charge in [-0.25, -0.2) is 9.78 Å². The molecular formula is C15H16N2O4S. The summed E-state index contributed by atoms with van der Waals surface area (Å²) < 4.78 is 0. The minimum Gasteiger partial charge on any atom is -0.481 e. The van der Waals surface area contributed by atoms with Gasteiger partial charge in [0.25, 0.3) is 0 Å². The maximum atomic E-state index is 11.1. The van der Waals surface area contributed by atoms with Crippen LogP contribution >= 0.6 is 11.3 Å². The zero-order valence-electron chi connectivity index (χ0n) is 12.0. The van der Waals surface area contributed by atoms with Crippen LogP contribution in [0.25, 0.3) is 0 Å². The highest BCUT2D eigenvalue weighted by molar-refractivity contribution is 7.13. The second-order valence-corrected chi connectivity index (χ2v) is 5.81. The van der Waals surface area contributed by atoms with Crippen LogP contribution in [0, 0.1) is 5.92 Å². The van der Waals surface area contributed by atoms with Crippen LogP contribution in [-0.4, -0.2) is 33.7 Å². The number of aromatic nitrogens is 1. The summed E-state index contributed by atoms with van der Waals surface area (Å²) in [6.45, 7) is 2.35. The lowest BCUT2D eigenvalue weighted by Crippen LogP contribution is -2.31. The largest absolute Gasteiger partial charge is 0.481 e. The average Bonchev–Trinajstić information content (AvgIpc) is 3.00. The normalized spacial score (nSPS) is 11.9. The predicted octanol–water partition coefficient (Wildman–Crippen LogP) is 2.57. The van der Waals surface area contributed by atoms with Gasteiger partial charge in [-0.05, 0) is 17.7 Å². The van der Waals surface area contributed by atoms with Crippen LogP contribution in [0.1, 0.15) is 22.8 Å². The smallest absolute Gasteiger partial charge is 0.335 e. The Kier molecular flexibility index (Phi) is 5.11. The van der Waals surface area contributed by atoms with Crippen molar-refractivity contribution in [2.45, 2.75) is 13.5 Å². The number of rotatable bonds is 7. The number of carbonyl (C=O) groups is 2. The number of nitrogens with zero attached hydrogens (tertiary/aromatic N) is 2. The predicted molar refractivity (Wildman–Crippen MR) is 83.4 cm³/mol. The van der Waals surface area contributed by atoms with Crippen LogP contribution in [0.4, 0.5) is 5.13 Å². The van der Waals surface area contributed by atoms with E-state index in [-0.39, 0.29) is 5.56 Å². The zero-order valence-corrected chi connectivity index (χ0v) is 12.8. The fourth-order valence-electron chi connectivity index (χ4n) is 2.01. The molecule has 22 heavy (non-hydrogen) atoms. The third-order valence-electron chi connectivity index (χ3n) is 3.15. The minimum atomic E-state index is -0.985. The Morgan fingerprint density at radius 3 is 2.73 bits per heavy atom. The van der Waals surface area contributed by atoms with Crippen molar-refractivity contribution in [3.8, 4) is 0 Å². The van der Waals surface area contributed by atoms with Crippen molar-refractivity contribution in [3.05, 3.63) is 47.0 Å². The van der Waals surface area contributed by atoms with E-state index in [0.29, 0.717) is 18.2 Å². The Labute approximate surface area is 131 Å². The van der Waals surface area contributed by atoms with Gasteiger partial charge in [-0.2, -0.15) is 0 Å². The first-order chi connectivity index (χ1) is 10.5. The Hall–Kier alpha value is -2.41. The first-order valence-electron chi connectivity index (χ1n) is 6.67. The molecule has 1 aromatic heterocycles. The van der Waals surface area contributed by atoms with Crippen LogP contribution in [0.3, 0.4) is 0 Å². The molecule has 1 unspecified atom stereocenters. The van der Waals surface area contributed by atoms with E-state index in [0.717, 1.165) is 5.56 Å². The van der Waals surface area contributed by atoms with E-state index in [1.54, 1.807) is 25.3 Å². The second-order valence-electron chi connectivity index (χ2n) is 4.94. The SMILES string of the molecule is CC(CN(Cc1cccc(C(=O)O)c1)c1nccs1)C(=O)O. The van der Waals surface area contributed by atoms with Crippen molar-refractivity contribution in [2.75, 3.05) is 11.4 Å². The van der Waals surface area contributed by atoms with E-state index >= 15 is 0 Å². The third-order valence-corrected chi connectivity index (χ3v) is 3.99. The summed E-state index contributed by atoms with van der Waals surface area (Å²) in [6.07, 6.45) is 1.66. The summed E-state index contributed by atoms with van der Waals surface area (Å²) in [4.78, 5) is 28.2. The van der Waals surface area contributed by atoms with Gasteiger partial charge in [-0.1, -0.05) is 19.1 Å². The molecule has 2 N–H and O–H groups in total. The minimum absolute atomic E-state index is 0.211. The molecule has 6 nitrogen and oxygen atoms in total. The summed E-state index contributed by atoms with van der Waals surface area (Å²) in [6, 6.07) is 6.62. The summed E-state index contributed by atoms with van der Waals surface area (Å²) in [5.74, 6) is -2.41. The standard InChI is InChI=1S/C15H16N2O4S/c1-10(13(18)19)8-17(15-16-5-6-22-15)9-11-3-2-4-12(7-11)14(20)21/h2-7,10H,8-9H2,1H3,(H,18,19)(H,20,21). The van der Waals surface area contributed by atoms with Crippen molar-refractivity contribution in [1.82, 2.24) is 4.98 Å². The van der Waals surface area contributed by atoms with E-state index in [4.69, 9.17) is 10.2 Å². The van der Waals surface area contributed by atoms with Crippen LogP contribution in [0.15, 0.2) is 35.8 Å². The summed E-state index contributed by atoms with van der Waals surface area (Å²) in [5, 5.41) is 20.7. The number of aromatic carboxylic acids is 1. The number of hydrogen-bond acceptors (Lipinski definition) is 5. The molecular weight excluding hydrogens is 304 g/mol. The molecule has 0 aliphatic carbocycles. The van der Waals surface area contributed by atoms with E-state index in [1.165, 1.54) is 17.4 Å². The van der Waals surface area contributed by atoms with E-state index in [1.807, 2.05) is 16.3 Å². The summed E-state index contributed by atoms with van der Waals surface area (Å²) in [5.41, 5.74) is 1.01. The molecule has 1 heterocycles. The Morgan fingerprint density at radius 2 is 2.14 bits per heavy atom. The van der Waals surface area contributed by atoms with E-state index in [9.17, 15) is 9.59 Å². The van der Waals surface area contributed by atoms with Gasteiger partial charge in [0.05, 0.1) is 11.5 Å². The molecule has 2 rings (SSSR count). The van der Waals surface area contributed by atoms with Gasteiger partial charge in [-0.15, -0.1) is 11.3 Å². The van der Waals surface area contributed by atoms with Crippen LogP contribution in [0.2, 0.25) is 0 Å². The monoisotopic (exact) mass is 320 g/mol. The first-order valence-corrected chi connectivity index (χ1v) is 7.55. The van der Waals surface area contributed by atoms with Gasteiger partial charge in [-0.3, -0.25) is 4.79 Å². The van der Waals surface area contributed by atoms with Crippen LogP contribution in [-0.2, 0) is 11.3 Å². The van der Waals surface area contributed by atoms with Gasteiger partial charge in [0, 0.05) is 24.7 Å². The van der Waals surface area contributed by atoms with Gasteiger partial charge in [0.15, 0.2) is 5.13 Å². The topological polar surface area (TPSA) is 90.7 Å². The highest BCUT2D eigenvalue weighted by Gasteiger charge is 2.19. The van der Waals surface area contributed by atoms with Crippen molar-refractivity contribution >= 4 is 28.4 Å². The quantitative estimate of drug-likeness (QED) is 0.815. The van der Waals surface area contributed by atoms with E-state index < -0.39 is 17.9 Å². The highest BCUT2D eigenvalue weighted by atomic mass is 32.1. The lowest BCUT2D eigenvalue weighted by molar-refractivity contribution is -0.140. The van der Waals surface area contributed by atoms with E-state index in [2.05, 4.69) is 4.98 Å². The van der Waals surface area contributed by atoms with Crippen molar-refractivity contribution in [1.29, 1.82) is 0 Å². The Balaban J connectivity index is 2.21.